The third-order valence-corrected chi connectivity index (χ3v) is 4.57. The van der Waals surface area contributed by atoms with Gasteiger partial charge in [-0.05, 0) is 30.8 Å². The van der Waals surface area contributed by atoms with Gasteiger partial charge in [0.05, 0.1) is 19.1 Å². The summed E-state index contributed by atoms with van der Waals surface area (Å²) in [6.45, 7) is 1.55. The molecule has 8 nitrogen and oxygen atoms in total. The first-order valence-electron chi connectivity index (χ1n) is 7.30. The van der Waals surface area contributed by atoms with Crippen LogP contribution >= 0.6 is 11.3 Å². The van der Waals surface area contributed by atoms with Crippen LogP contribution in [0.15, 0.2) is 22.0 Å². The molecular formula is C14H17N5O3S. The predicted molar refractivity (Wildman–Crippen MR) is 82.5 cm³/mol. The molecule has 2 amide bonds. The molecule has 1 saturated heterocycles. The Hall–Kier alpha value is -2.26. The Balaban J connectivity index is 1.57. The summed E-state index contributed by atoms with van der Waals surface area (Å²) in [7, 11) is 0. The van der Waals surface area contributed by atoms with Crippen molar-refractivity contribution in [2.75, 3.05) is 13.1 Å². The highest BCUT2D eigenvalue weighted by molar-refractivity contribution is 7.09. The predicted octanol–water partition coefficient (Wildman–Crippen LogP) is 0.683. The molecule has 1 fully saturated rings. The largest absolute Gasteiger partial charge is 0.363 e. The molecule has 0 unspecified atom stereocenters. The third-order valence-electron chi connectivity index (χ3n) is 3.70. The quantitative estimate of drug-likeness (QED) is 0.802. The lowest BCUT2D eigenvalue weighted by atomic mass is 10.2. The van der Waals surface area contributed by atoms with Gasteiger partial charge in [0.15, 0.2) is 0 Å². The molecule has 0 spiro atoms. The molecule has 9 heteroatoms. The van der Waals surface area contributed by atoms with Crippen molar-refractivity contribution < 1.29 is 14.1 Å². The summed E-state index contributed by atoms with van der Waals surface area (Å²) in [6.07, 6.45) is 1.73. The Kier molecular flexibility index (Phi) is 4.68. The zero-order valence-electron chi connectivity index (χ0n) is 12.4. The number of amides is 2. The summed E-state index contributed by atoms with van der Waals surface area (Å²) in [4.78, 5) is 30.2. The van der Waals surface area contributed by atoms with Crippen molar-refractivity contribution in [2.45, 2.75) is 25.4 Å². The van der Waals surface area contributed by atoms with Crippen LogP contribution in [0.3, 0.4) is 0 Å². The van der Waals surface area contributed by atoms with E-state index in [1.165, 1.54) is 0 Å². The average molecular weight is 335 g/mol. The van der Waals surface area contributed by atoms with E-state index in [1.807, 2.05) is 22.4 Å². The normalized spacial score (nSPS) is 18.2. The summed E-state index contributed by atoms with van der Waals surface area (Å²) in [5, 5.41) is 8.43. The van der Waals surface area contributed by atoms with E-state index in [-0.39, 0.29) is 24.3 Å². The summed E-state index contributed by atoms with van der Waals surface area (Å²) < 4.78 is 5.11. The van der Waals surface area contributed by atoms with E-state index in [4.69, 9.17) is 10.3 Å². The maximum atomic E-state index is 12.1. The second-order valence-corrected chi connectivity index (χ2v) is 6.34. The highest BCUT2D eigenvalue weighted by Crippen LogP contribution is 2.30. The van der Waals surface area contributed by atoms with Gasteiger partial charge in [-0.25, -0.2) is 0 Å². The van der Waals surface area contributed by atoms with Crippen molar-refractivity contribution in [3.8, 4) is 0 Å². The first kappa shape index (κ1) is 15.6. The molecule has 23 heavy (non-hydrogen) atoms. The van der Waals surface area contributed by atoms with Gasteiger partial charge in [0, 0.05) is 4.88 Å². The van der Waals surface area contributed by atoms with Crippen molar-refractivity contribution in [3.05, 3.63) is 34.1 Å². The van der Waals surface area contributed by atoms with Gasteiger partial charge in [0.2, 0.25) is 11.8 Å². The van der Waals surface area contributed by atoms with Crippen LogP contribution in [0.4, 0.5) is 0 Å². The van der Waals surface area contributed by atoms with Crippen molar-refractivity contribution in [1.29, 1.82) is 0 Å². The average Bonchev–Trinajstić information content (AvgIpc) is 3.26. The summed E-state index contributed by atoms with van der Waals surface area (Å²) in [5.41, 5.74) is 5.13. The molecule has 2 aromatic heterocycles. The number of carbonyl (C=O) groups excluding carboxylic acids is 2. The van der Waals surface area contributed by atoms with Gasteiger partial charge in [0.1, 0.15) is 0 Å². The van der Waals surface area contributed by atoms with Crippen LogP contribution in [0.1, 0.15) is 40.3 Å². The first-order valence-corrected chi connectivity index (χ1v) is 8.18. The number of primary amides is 1. The van der Waals surface area contributed by atoms with Gasteiger partial charge in [-0.2, -0.15) is 4.98 Å². The van der Waals surface area contributed by atoms with Gasteiger partial charge in [0.25, 0.3) is 11.7 Å². The molecule has 3 rings (SSSR count). The zero-order valence-corrected chi connectivity index (χ0v) is 13.2. The summed E-state index contributed by atoms with van der Waals surface area (Å²) in [5.74, 6) is -0.575. The molecule has 3 heterocycles. The Morgan fingerprint density at radius 1 is 1.52 bits per heavy atom. The molecule has 1 aliphatic heterocycles. The standard InChI is InChI=1S/C14H17N5O3S/c15-12(21)13-17-14(22-18-13)10-4-1-5-19(10)8-11(20)16-7-9-3-2-6-23-9/h2-3,6,10H,1,4-5,7-8H2,(H2,15,21)(H,16,20)/t10-/m0/s1. The highest BCUT2D eigenvalue weighted by Gasteiger charge is 2.32. The van der Waals surface area contributed by atoms with E-state index < -0.39 is 5.91 Å². The molecule has 1 aliphatic rings. The van der Waals surface area contributed by atoms with Crippen molar-refractivity contribution in [2.24, 2.45) is 5.73 Å². The maximum Gasteiger partial charge on any atom is 0.290 e. The van der Waals surface area contributed by atoms with Gasteiger partial charge in [-0.3, -0.25) is 14.5 Å². The van der Waals surface area contributed by atoms with E-state index in [0.29, 0.717) is 12.4 Å². The first-order chi connectivity index (χ1) is 11.1. The SMILES string of the molecule is NC(=O)c1noc([C@@H]2CCCN2CC(=O)NCc2cccs2)n1. The van der Waals surface area contributed by atoms with Crippen LogP contribution in [0, 0.1) is 0 Å². The van der Waals surface area contributed by atoms with Crippen LogP contribution in [0.2, 0.25) is 0 Å². The molecule has 0 saturated carbocycles. The molecule has 1 atom stereocenters. The Morgan fingerprint density at radius 3 is 3.09 bits per heavy atom. The Bertz CT molecular complexity index is 684. The fraction of sp³-hybridized carbons (Fsp3) is 0.429. The zero-order chi connectivity index (χ0) is 16.2. The summed E-state index contributed by atoms with van der Waals surface area (Å²) >= 11 is 1.61. The number of hydrogen-bond donors (Lipinski definition) is 2. The van der Waals surface area contributed by atoms with Crippen LogP contribution in [0.25, 0.3) is 0 Å². The fourth-order valence-corrected chi connectivity index (χ4v) is 3.25. The van der Waals surface area contributed by atoms with Crippen LogP contribution in [-0.2, 0) is 11.3 Å². The molecule has 0 radical (unpaired) electrons. The lowest BCUT2D eigenvalue weighted by Crippen LogP contribution is -2.36. The maximum absolute atomic E-state index is 12.1. The number of rotatable bonds is 6. The number of thiophene rings is 1. The van der Waals surface area contributed by atoms with E-state index in [1.54, 1.807) is 11.3 Å². The number of nitrogens with zero attached hydrogens (tertiary/aromatic N) is 3. The minimum atomic E-state index is -0.724. The molecule has 0 aliphatic carbocycles. The molecule has 122 valence electrons. The second-order valence-electron chi connectivity index (χ2n) is 5.31. The van der Waals surface area contributed by atoms with E-state index in [9.17, 15) is 9.59 Å². The summed E-state index contributed by atoms with van der Waals surface area (Å²) in [6, 6.07) is 3.78. The van der Waals surface area contributed by atoms with E-state index in [2.05, 4.69) is 15.5 Å². The van der Waals surface area contributed by atoms with Crippen molar-refractivity contribution in [3.63, 3.8) is 0 Å². The fourth-order valence-electron chi connectivity index (χ4n) is 2.60. The van der Waals surface area contributed by atoms with Gasteiger partial charge in [-0.1, -0.05) is 11.2 Å². The van der Waals surface area contributed by atoms with Gasteiger partial charge in [-0.15, -0.1) is 11.3 Å². The van der Waals surface area contributed by atoms with E-state index in [0.717, 1.165) is 24.3 Å². The monoisotopic (exact) mass is 335 g/mol. The van der Waals surface area contributed by atoms with Crippen LogP contribution in [0.5, 0.6) is 0 Å². The van der Waals surface area contributed by atoms with Crippen LogP contribution < -0.4 is 11.1 Å². The molecular weight excluding hydrogens is 318 g/mol. The van der Waals surface area contributed by atoms with Gasteiger partial charge < -0.3 is 15.6 Å². The lowest BCUT2D eigenvalue weighted by molar-refractivity contribution is -0.122. The molecule has 0 aromatic carbocycles. The third kappa shape index (κ3) is 3.74. The topological polar surface area (TPSA) is 114 Å². The molecule has 0 bridgehead atoms. The number of likely N-dealkylation sites (tertiary alicyclic amines) is 1. The molecule has 3 N–H and O–H groups in total. The minimum Gasteiger partial charge on any atom is -0.363 e. The number of nitrogens with one attached hydrogen (secondary N) is 1. The van der Waals surface area contributed by atoms with Gasteiger partial charge >= 0.3 is 0 Å². The lowest BCUT2D eigenvalue weighted by Gasteiger charge is -2.20. The number of nitrogens with two attached hydrogens (primary N) is 1. The second kappa shape index (κ2) is 6.88. The Labute approximate surface area is 136 Å². The number of carbonyl (C=O) groups is 2. The van der Waals surface area contributed by atoms with Crippen molar-refractivity contribution >= 4 is 23.2 Å². The van der Waals surface area contributed by atoms with Crippen molar-refractivity contribution in [1.82, 2.24) is 20.4 Å². The molecule has 2 aromatic rings. The van der Waals surface area contributed by atoms with Crippen LogP contribution in [-0.4, -0.2) is 39.9 Å². The number of aromatic nitrogens is 2. The minimum absolute atomic E-state index is 0.0556. The number of hydrogen-bond acceptors (Lipinski definition) is 7. The van der Waals surface area contributed by atoms with E-state index >= 15 is 0 Å². The Morgan fingerprint density at radius 2 is 2.39 bits per heavy atom. The smallest absolute Gasteiger partial charge is 0.290 e. The highest BCUT2D eigenvalue weighted by atomic mass is 32.1.